The Balaban J connectivity index is 1.81. The lowest BCUT2D eigenvalue weighted by Gasteiger charge is -2.33. The average molecular weight is 297 g/mol. The predicted octanol–water partition coefficient (Wildman–Crippen LogP) is -0.445. The maximum atomic E-state index is 11.6. The van der Waals surface area contributed by atoms with Gasteiger partial charge in [0, 0.05) is 25.7 Å². The number of aliphatic hydroxyl groups is 1. The third-order valence-corrected chi connectivity index (χ3v) is 5.80. The van der Waals surface area contributed by atoms with Crippen LogP contribution in [-0.2, 0) is 29.2 Å². The standard InChI is InChI=1S/C13H19N3O3S/c1-2-13-14-5-9-3-4-16(6-10(9)15-13)11-7-20(18,19)8-12(11)17/h5,11-12,17H,2-4,6-8H2,1H3. The van der Waals surface area contributed by atoms with Gasteiger partial charge in [-0.25, -0.2) is 18.4 Å². The number of aromatic nitrogens is 2. The minimum atomic E-state index is -3.11. The highest BCUT2D eigenvalue weighted by atomic mass is 32.2. The van der Waals surface area contributed by atoms with Gasteiger partial charge in [0.25, 0.3) is 0 Å². The summed E-state index contributed by atoms with van der Waals surface area (Å²) in [6.45, 7) is 3.36. The minimum absolute atomic E-state index is 0.0508. The third kappa shape index (κ3) is 2.57. The van der Waals surface area contributed by atoms with Crippen molar-refractivity contribution in [1.29, 1.82) is 0 Å². The second kappa shape index (κ2) is 5.05. The number of aryl methyl sites for hydroxylation is 1. The van der Waals surface area contributed by atoms with Crippen LogP contribution < -0.4 is 0 Å². The molecule has 0 aliphatic carbocycles. The van der Waals surface area contributed by atoms with Gasteiger partial charge in [-0.1, -0.05) is 6.92 Å². The van der Waals surface area contributed by atoms with Crippen LogP contribution in [-0.4, -0.2) is 58.6 Å². The second-order valence-corrected chi connectivity index (χ2v) is 7.70. The Morgan fingerprint density at radius 3 is 2.90 bits per heavy atom. The number of sulfone groups is 1. The van der Waals surface area contributed by atoms with Gasteiger partial charge < -0.3 is 5.11 Å². The smallest absolute Gasteiger partial charge is 0.154 e. The normalized spacial score (nSPS) is 29.3. The van der Waals surface area contributed by atoms with Crippen LogP contribution in [0.3, 0.4) is 0 Å². The van der Waals surface area contributed by atoms with Crippen molar-refractivity contribution < 1.29 is 13.5 Å². The summed E-state index contributed by atoms with van der Waals surface area (Å²) in [4.78, 5) is 10.9. The summed E-state index contributed by atoms with van der Waals surface area (Å²) in [5, 5.41) is 9.97. The van der Waals surface area contributed by atoms with Crippen molar-refractivity contribution in [3.05, 3.63) is 23.3 Å². The van der Waals surface area contributed by atoms with Crippen LogP contribution in [0.25, 0.3) is 0 Å². The van der Waals surface area contributed by atoms with E-state index in [1.807, 2.05) is 18.0 Å². The molecule has 0 bridgehead atoms. The molecule has 2 atom stereocenters. The van der Waals surface area contributed by atoms with E-state index in [0.717, 1.165) is 36.5 Å². The topological polar surface area (TPSA) is 83.4 Å². The van der Waals surface area contributed by atoms with E-state index >= 15 is 0 Å². The Labute approximate surface area is 118 Å². The molecular weight excluding hydrogens is 278 g/mol. The monoisotopic (exact) mass is 297 g/mol. The highest BCUT2D eigenvalue weighted by Crippen LogP contribution is 2.24. The van der Waals surface area contributed by atoms with Gasteiger partial charge in [0.2, 0.25) is 0 Å². The molecule has 1 fully saturated rings. The molecule has 7 heteroatoms. The van der Waals surface area contributed by atoms with Gasteiger partial charge in [-0.15, -0.1) is 0 Å². The van der Waals surface area contributed by atoms with Crippen molar-refractivity contribution >= 4 is 9.84 Å². The molecule has 1 N–H and O–H groups in total. The van der Waals surface area contributed by atoms with Gasteiger partial charge in [0.15, 0.2) is 9.84 Å². The SMILES string of the molecule is CCc1ncc2c(n1)CN(C1CS(=O)(=O)CC1O)CC2. The fourth-order valence-corrected chi connectivity index (χ4v) is 4.81. The summed E-state index contributed by atoms with van der Waals surface area (Å²) in [6, 6.07) is -0.298. The van der Waals surface area contributed by atoms with Crippen molar-refractivity contribution in [2.24, 2.45) is 0 Å². The predicted molar refractivity (Wildman–Crippen MR) is 74.0 cm³/mol. The average Bonchev–Trinajstić information content (AvgIpc) is 2.70. The Kier molecular flexibility index (Phi) is 3.51. The molecule has 2 aliphatic rings. The molecule has 6 nitrogen and oxygen atoms in total. The molecule has 1 aromatic heterocycles. The number of aliphatic hydroxyl groups excluding tert-OH is 1. The summed E-state index contributed by atoms with van der Waals surface area (Å²) < 4.78 is 23.3. The number of hydrogen-bond donors (Lipinski definition) is 1. The van der Waals surface area contributed by atoms with Crippen molar-refractivity contribution in [3.8, 4) is 0 Å². The van der Waals surface area contributed by atoms with Crippen LogP contribution in [0.2, 0.25) is 0 Å². The van der Waals surface area contributed by atoms with E-state index in [2.05, 4.69) is 9.97 Å². The summed E-state index contributed by atoms with van der Waals surface area (Å²) >= 11 is 0. The second-order valence-electron chi connectivity index (χ2n) is 5.54. The Morgan fingerprint density at radius 2 is 2.25 bits per heavy atom. The fraction of sp³-hybridized carbons (Fsp3) is 0.692. The van der Waals surface area contributed by atoms with E-state index in [1.54, 1.807) is 0 Å². The van der Waals surface area contributed by atoms with Crippen LogP contribution in [0.15, 0.2) is 6.20 Å². The molecule has 2 unspecified atom stereocenters. The lowest BCUT2D eigenvalue weighted by molar-refractivity contribution is 0.0735. The summed E-state index contributed by atoms with van der Waals surface area (Å²) in [5.74, 6) is 0.741. The first-order chi connectivity index (χ1) is 9.48. The van der Waals surface area contributed by atoms with E-state index in [1.165, 1.54) is 0 Å². The number of hydrogen-bond acceptors (Lipinski definition) is 6. The summed E-state index contributed by atoms with van der Waals surface area (Å²) in [6.07, 6.45) is 2.69. The summed E-state index contributed by atoms with van der Waals surface area (Å²) in [7, 11) is -3.11. The zero-order valence-corrected chi connectivity index (χ0v) is 12.3. The van der Waals surface area contributed by atoms with Gasteiger partial charge in [-0.3, -0.25) is 4.90 Å². The maximum Gasteiger partial charge on any atom is 0.154 e. The molecule has 1 aromatic rings. The Morgan fingerprint density at radius 1 is 1.45 bits per heavy atom. The van der Waals surface area contributed by atoms with E-state index in [-0.39, 0.29) is 17.5 Å². The van der Waals surface area contributed by atoms with Gasteiger partial charge in [-0.05, 0) is 12.0 Å². The van der Waals surface area contributed by atoms with E-state index < -0.39 is 15.9 Å². The Bertz CT molecular complexity index is 617. The van der Waals surface area contributed by atoms with Crippen LogP contribution in [0.5, 0.6) is 0 Å². The molecule has 0 aromatic carbocycles. The van der Waals surface area contributed by atoms with E-state index in [9.17, 15) is 13.5 Å². The van der Waals surface area contributed by atoms with Crippen LogP contribution in [0, 0.1) is 0 Å². The molecular formula is C13H19N3O3S. The van der Waals surface area contributed by atoms with Crippen molar-refractivity contribution in [1.82, 2.24) is 14.9 Å². The fourth-order valence-electron chi connectivity index (χ4n) is 2.98. The zero-order chi connectivity index (χ0) is 14.3. The highest BCUT2D eigenvalue weighted by molar-refractivity contribution is 7.91. The first-order valence-electron chi connectivity index (χ1n) is 6.94. The largest absolute Gasteiger partial charge is 0.390 e. The van der Waals surface area contributed by atoms with E-state index in [0.29, 0.717) is 6.54 Å². The molecule has 0 amide bonds. The first-order valence-corrected chi connectivity index (χ1v) is 8.77. The highest BCUT2D eigenvalue weighted by Gasteiger charge is 2.40. The molecule has 2 aliphatic heterocycles. The van der Waals surface area contributed by atoms with Crippen LogP contribution >= 0.6 is 0 Å². The molecule has 0 radical (unpaired) electrons. The molecule has 20 heavy (non-hydrogen) atoms. The minimum Gasteiger partial charge on any atom is -0.390 e. The number of nitrogens with zero attached hydrogens (tertiary/aromatic N) is 3. The third-order valence-electron chi connectivity index (χ3n) is 4.10. The van der Waals surface area contributed by atoms with Crippen LogP contribution in [0.4, 0.5) is 0 Å². The van der Waals surface area contributed by atoms with Gasteiger partial charge >= 0.3 is 0 Å². The van der Waals surface area contributed by atoms with E-state index in [4.69, 9.17) is 0 Å². The van der Waals surface area contributed by atoms with Crippen molar-refractivity contribution in [2.75, 3.05) is 18.1 Å². The number of fused-ring (bicyclic) bond motifs is 1. The van der Waals surface area contributed by atoms with Crippen LogP contribution in [0.1, 0.15) is 24.0 Å². The van der Waals surface area contributed by atoms with Gasteiger partial charge in [-0.2, -0.15) is 0 Å². The maximum absolute atomic E-state index is 11.6. The van der Waals surface area contributed by atoms with Gasteiger partial charge in [0.1, 0.15) is 5.82 Å². The molecule has 3 rings (SSSR count). The lowest BCUT2D eigenvalue weighted by Crippen LogP contribution is -2.45. The molecule has 0 saturated carbocycles. The molecule has 1 saturated heterocycles. The lowest BCUT2D eigenvalue weighted by atomic mass is 10.0. The van der Waals surface area contributed by atoms with Crippen molar-refractivity contribution in [2.45, 2.75) is 38.5 Å². The molecule has 3 heterocycles. The Hall–Kier alpha value is -1.05. The zero-order valence-electron chi connectivity index (χ0n) is 11.5. The summed E-state index contributed by atoms with van der Waals surface area (Å²) in [5.41, 5.74) is 2.10. The molecule has 110 valence electrons. The van der Waals surface area contributed by atoms with Crippen molar-refractivity contribution in [3.63, 3.8) is 0 Å². The molecule has 0 spiro atoms. The van der Waals surface area contributed by atoms with Gasteiger partial charge in [0.05, 0.1) is 29.3 Å². The first kappa shape index (κ1) is 13.9. The number of rotatable bonds is 2. The quantitative estimate of drug-likeness (QED) is 0.796.